The second kappa shape index (κ2) is 5.76. The molecule has 1 rings (SSSR count). The van der Waals surface area contributed by atoms with Gasteiger partial charge in [0.1, 0.15) is 5.75 Å². The van der Waals surface area contributed by atoms with E-state index in [9.17, 15) is 18.0 Å². The van der Waals surface area contributed by atoms with E-state index in [1.807, 2.05) is 0 Å². The van der Waals surface area contributed by atoms with E-state index in [1.165, 1.54) is 0 Å². The summed E-state index contributed by atoms with van der Waals surface area (Å²) in [6.45, 7) is 0. The van der Waals surface area contributed by atoms with E-state index in [2.05, 4.69) is 4.18 Å². The van der Waals surface area contributed by atoms with Crippen LogP contribution in [0.25, 0.3) is 0 Å². The van der Waals surface area contributed by atoms with Gasteiger partial charge in [-0.25, -0.2) is 9.59 Å². The summed E-state index contributed by atoms with van der Waals surface area (Å²) in [5.74, 6) is -3.54. The summed E-state index contributed by atoms with van der Waals surface area (Å²) in [6, 6.07) is 2.35. The topological polar surface area (TPSA) is 138 Å². The first kappa shape index (κ1) is 16.3. The Hall–Kier alpha value is -1.70. The monoisotopic (exact) mass is 296 g/mol. The molecule has 0 saturated heterocycles. The molecular weight excluding hydrogens is 287 g/mol. The number of hydrogen-bond donors (Lipinski definition) is 3. The van der Waals surface area contributed by atoms with Crippen LogP contribution in [0.1, 0.15) is 20.7 Å². The van der Waals surface area contributed by atoms with Crippen LogP contribution < -0.4 is 4.18 Å². The fourth-order valence-corrected chi connectivity index (χ4v) is 1.36. The van der Waals surface area contributed by atoms with Crippen molar-refractivity contribution in [1.29, 1.82) is 0 Å². The molecule has 3 N–H and O–H groups in total. The van der Waals surface area contributed by atoms with Gasteiger partial charge in [0.25, 0.3) is 0 Å². The van der Waals surface area contributed by atoms with Crippen molar-refractivity contribution in [3.63, 3.8) is 0 Å². The fourth-order valence-electron chi connectivity index (χ4n) is 1.02. The fraction of sp³-hybridized carbons (Fsp3) is 0. The average Bonchev–Trinajstić information content (AvgIpc) is 2.14. The summed E-state index contributed by atoms with van der Waals surface area (Å²) in [7, 11) is -4.85. The van der Waals surface area contributed by atoms with Crippen molar-refractivity contribution >= 4 is 32.2 Å². The Balaban J connectivity index is 0.00000289. The van der Waals surface area contributed by atoms with Crippen LogP contribution in [0.3, 0.4) is 0 Å². The standard InChI is InChI=1S/C8H6O8S.H3P/c9-7(10)4-1-5(8(11)12)3-6(2-4)16-17(13,14)15;/h1-3H,(H,9,10)(H,11,12)(H,13,14,15);1H3. The third-order valence-corrected chi connectivity index (χ3v) is 2.01. The molecule has 0 aliphatic carbocycles. The number of benzene rings is 1. The predicted molar refractivity (Wildman–Crippen MR) is 63.6 cm³/mol. The number of carbonyl (C=O) groups is 2. The molecule has 1 atom stereocenters. The highest BCUT2D eigenvalue weighted by Crippen LogP contribution is 2.19. The van der Waals surface area contributed by atoms with Gasteiger partial charge in [0.2, 0.25) is 0 Å². The molecule has 100 valence electrons. The molecule has 0 aliphatic heterocycles. The van der Waals surface area contributed by atoms with Crippen LogP contribution in [0, 0.1) is 0 Å². The highest BCUT2D eigenvalue weighted by Gasteiger charge is 2.15. The number of carboxylic acid groups (broad SMARTS) is 2. The van der Waals surface area contributed by atoms with Crippen molar-refractivity contribution < 1.29 is 37.0 Å². The second-order valence-corrected chi connectivity index (χ2v) is 3.89. The summed E-state index contributed by atoms with van der Waals surface area (Å²) in [5, 5.41) is 17.3. The normalized spacial score (nSPS) is 10.3. The van der Waals surface area contributed by atoms with Gasteiger partial charge in [-0.15, -0.1) is 0 Å². The molecule has 8 nitrogen and oxygen atoms in total. The van der Waals surface area contributed by atoms with E-state index in [4.69, 9.17) is 14.8 Å². The molecule has 0 fully saturated rings. The highest BCUT2D eigenvalue weighted by atomic mass is 32.3. The lowest BCUT2D eigenvalue weighted by Gasteiger charge is -2.04. The van der Waals surface area contributed by atoms with Crippen molar-refractivity contribution in [2.45, 2.75) is 0 Å². The van der Waals surface area contributed by atoms with Crippen molar-refractivity contribution in [3.8, 4) is 5.75 Å². The van der Waals surface area contributed by atoms with Crippen LogP contribution in [0.4, 0.5) is 0 Å². The molecule has 0 heterocycles. The molecule has 0 spiro atoms. The molecule has 0 aliphatic rings. The molecule has 1 aromatic rings. The number of aromatic carboxylic acids is 2. The third kappa shape index (κ3) is 4.66. The Bertz CT molecular complexity index is 547. The molecule has 0 amide bonds. The summed E-state index contributed by atoms with van der Waals surface area (Å²) >= 11 is 0. The Kier molecular flexibility index (Phi) is 5.22. The number of hydrogen-bond acceptors (Lipinski definition) is 5. The minimum absolute atomic E-state index is 0. The minimum atomic E-state index is -4.85. The van der Waals surface area contributed by atoms with E-state index in [1.54, 1.807) is 0 Å². The summed E-state index contributed by atoms with van der Waals surface area (Å²) in [4.78, 5) is 21.3. The lowest BCUT2D eigenvalue weighted by atomic mass is 10.1. The van der Waals surface area contributed by atoms with Gasteiger partial charge in [0, 0.05) is 0 Å². The number of rotatable bonds is 4. The van der Waals surface area contributed by atoms with Gasteiger partial charge < -0.3 is 14.4 Å². The second-order valence-electron chi connectivity index (χ2n) is 2.87. The van der Waals surface area contributed by atoms with Gasteiger partial charge in [-0.05, 0) is 18.2 Å². The molecule has 1 aromatic carbocycles. The minimum Gasteiger partial charge on any atom is -0.478 e. The van der Waals surface area contributed by atoms with Gasteiger partial charge in [-0.1, -0.05) is 0 Å². The Labute approximate surface area is 105 Å². The van der Waals surface area contributed by atoms with Gasteiger partial charge in [0.05, 0.1) is 11.1 Å². The Morgan fingerprint density at radius 2 is 1.39 bits per heavy atom. The van der Waals surface area contributed by atoms with Crippen molar-refractivity contribution in [1.82, 2.24) is 0 Å². The van der Waals surface area contributed by atoms with E-state index < -0.39 is 39.2 Å². The van der Waals surface area contributed by atoms with Crippen LogP contribution in [0.5, 0.6) is 5.75 Å². The van der Waals surface area contributed by atoms with Gasteiger partial charge >= 0.3 is 22.3 Å². The maximum absolute atomic E-state index is 10.6. The van der Waals surface area contributed by atoms with Crippen molar-refractivity contribution in [2.24, 2.45) is 0 Å². The molecule has 0 saturated carbocycles. The van der Waals surface area contributed by atoms with E-state index in [-0.39, 0.29) is 9.90 Å². The molecular formula is C8H9O8PS. The van der Waals surface area contributed by atoms with Crippen LogP contribution in [-0.2, 0) is 10.4 Å². The zero-order chi connectivity index (χ0) is 13.2. The van der Waals surface area contributed by atoms with Crippen LogP contribution in [-0.4, -0.2) is 35.1 Å². The Morgan fingerprint density at radius 1 is 1.00 bits per heavy atom. The van der Waals surface area contributed by atoms with Crippen LogP contribution in [0.15, 0.2) is 18.2 Å². The van der Waals surface area contributed by atoms with E-state index >= 15 is 0 Å². The Morgan fingerprint density at radius 3 is 1.67 bits per heavy atom. The first-order chi connectivity index (χ1) is 7.69. The zero-order valence-corrected chi connectivity index (χ0v) is 11.0. The quantitative estimate of drug-likeness (QED) is 0.533. The molecule has 10 heteroatoms. The molecule has 1 unspecified atom stereocenters. The first-order valence-corrected chi connectivity index (χ1v) is 5.34. The van der Waals surface area contributed by atoms with Crippen LogP contribution in [0.2, 0.25) is 0 Å². The van der Waals surface area contributed by atoms with Crippen molar-refractivity contribution in [2.75, 3.05) is 0 Å². The van der Waals surface area contributed by atoms with Gasteiger partial charge in [-0.2, -0.15) is 18.3 Å². The van der Waals surface area contributed by atoms with E-state index in [0.29, 0.717) is 0 Å². The zero-order valence-electron chi connectivity index (χ0n) is 8.73. The highest BCUT2D eigenvalue weighted by molar-refractivity contribution is 7.81. The predicted octanol–water partition coefficient (Wildman–Crippen LogP) is 0.323. The maximum atomic E-state index is 10.6. The summed E-state index contributed by atoms with van der Waals surface area (Å²) in [6.07, 6.45) is 0. The molecule has 0 bridgehead atoms. The largest absolute Gasteiger partial charge is 0.478 e. The molecule has 0 aromatic heterocycles. The van der Waals surface area contributed by atoms with Gasteiger partial charge in [0.15, 0.2) is 0 Å². The lowest BCUT2D eigenvalue weighted by molar-refractivity contribution is 0.0696. The average molecular weight is 296 g/mol. The number of carboxylic acids is 2. The molecule has 0 radical (unpaired) electrons. The third-order valence-electron chi connectivity index (χ3n) is 1.60. The van der Waals surface area contributed by atoms with E-state index in [0.717, 1.165) is 18.2 Å². The molecule has 18 heavy (non-hydrogen) atoms. The summed E-state index contributed by atoms with van der Waals surface area (Å²) in [5.41, 5.74) is -0.966. The maximum Gasteiger partial charge on any atom is 0.446 e. The van der Waals surface area contributed by atoms with Crippen molar-refractivity contribution in [3.05, 3.63) is 29.3 Å². The van der Waals surface area contributed by atoms with Gasteiger partial charge in [-0.3, -0.25) is 4.55 Å². The first-order valence-electron chi connectivity index (χ1n) is 3.97. The lowest BCUT2D eigenvalue weighted by Crippen LogP contribution is -2.09. The summed E-state index contributed by atoms with van der Waals surface area (Å²) < 4.78 is 33.2. The van der Waals surface area contributed by atoms with Crippen LogP contribution >= 0.6 is 9.90 Å². The SMILES string of the molecule is O=C(O)c1cc(OS(=O)(=O)O)cc(C(=O)O)c1.P. The smallest absolute Gasteiger partial charge is 0.446 e.